The first-order valence-corrected chi connectivity index (χ1v) is 13.5. The maximum absolute atomic E-state index is 10.4. The van der Waals surface area contributed by atoms with Crippen molar-refractivity contribution in [2.75, 3.05) is 0 Å². The average Bonchev–Trinajstić information content (AvgIpc) is 1.94. The summed E-state index contributed by atoms with van der Waals surface area (Å²) in [7, 11) is -30.8. The topological polar surface area (TPSA) is 345 Å². The Labute approximate surface area is 208 Å². The molecule has 31 heavy (non-hydrogen) atoms. The van der Waals surface area contributed by atoms with E-state index in [0.29, 0.717) is 0 Å². The van der Waals surface area contributed by atoms with E-state index >= 15 is 0 Å². The van der Waals surface area contributed by atoms with Gasteiger partial charge in [0.15, 0.2) is 0 Å². The Kier molecular flexibility index (Phi) is 34.6. The van der Waals surface area contributed by atoms with Crippen molar-refractivity contribution in [3.8, 4) is 0 Å². The monoisotopic (exact) mass is 639 g/mol. The van der Waals surface area contributed by atoms with Crippen LogP contribution in [-0.4, -0.2) is 110 Å². The molecule has 0 amide bonds. The fourth-order valence-electron chi connectivity index (χ4n) is 0. The van der Waals surface area contributed by atoms with Crippen LogP contribution in [0.2, 0.25) is 0 Å². The van der Waals surface area contributed by atoms with E-state index in [1.165, 1.54) is 0 Å². The van der Waals surface area contributed by atoms with Gasteiger partial charge in [0.2, 0.25) is 0 Å². The van der Waals surface area contributed by atoms with Gasteiger partial charge in [0, 0.05) is 51.4 Å². The molecule has 0 aliphatic rings. The molecule has 0 aromatic heterocycles. The van der Waals surface area contributed by atoms with Crippen LogP contribution in [0.15, 0.2) is 0 Å². The number of rotatable bonds is 0. The molecular formula is H12F6KO18P6. The van der Waals surface area contributed by atoms with Crippen LogP contribution in [0, 0.1) is 0 Å². The summed E-state index contributed by atoms with van der Waals surface area (Å²) in [4.78, 5) is 83.6. The van der Waals surface area contributed by atoms with Crippen LogP contribution in [0.1, 0.15) is 0 Å². The van der Waals surface area contributed by atoms with Gasteiger partial charge in [-0.25, -0.2) is 27.4 Å². The molecule has 0 aromatic carbocycles. The van der Waals surface area contributed by atoms with E-state index in [1.54, 1.807) is 0 Å². The molecule has 0 fully saturated rings. The second-order valence-corrected chi connectivity index (χ2v) is 8.51. The van der Waals surface area contributed by atoms with Crippen LogP contribution in [-0.2, 0) is 27.4 Å². The Hall–Kier alpha value is 2.12. The number of halogens is 6. The second kappa shape index (κ2) is 21.4. The summed E-state index contributed by atoms with van der Waals surface area (Å²) in [5, 5.41) is 0. The molecule has 0 saturated carbocycles. The van der Waals surface area contributed by atoms with E-state index in [1.807, 2.05) is 0 Å². The zero-order chi connectivity index (χ0) is 27.0. The summed E-state index contributed by atoms with van der Waals surface area (Å²) in [6, 6.07) is 0. The van der Waals surface area contributed by atoms with Crippen molar-refractivity contribution in [2.45, 2.75) is 0 Å². The Balaban J connectivity index is -0.0000000443. The Bertz CT molecular complexity index is 480. The third kappa shape index (κ3) is 6500. The summed E-state index contributed by atoms with van der Waals surface area (Å²) < 4.78 is 114. The van der Waals surface area contributed by atoms with Gasteiger partial charge in [-0.3, -0.25) is 58.7 Å². The standard InChI is InChI=1S/6FH2O3P.K/c6*1-5(2,3)4;/h6*(H2,2,3,4);. The molecule has 0 atom stereocenters. The van der Waals surface area contributed by atoms with Crippen molar-refractivity contribution in [2.24, 2.45) is 0 Å². The molecule has 0 spiro atoms. The molecule has 0 unspecified atom stereocenters. The molecule has 12 N–H and O–H groups in total. The molecule has 1 radical (unpaired) electrons. The van der Waals surface area contributed by atoms with Gasteiger partial charge in [0.25, 0.3) is 0 Å². The molecule has 0 bridgehead atoms. The molecule has 0 aliphatic carbocycles. The van der Waals surface area contributed by atoms with Gasteiger partial charge in [-0.1, -0.05) is 0 Å². The molecule has 0 saturated heterocycles. The zero-order valence-corrected chi connectivity index (χ0v) is 22.3. The quantitative estimate of drug-likeness (QED) is 0.0935. The van der Waals surface area contributed by atoms with Crippen LogP contribution >= 0.6 is 47.4 Å². The van der Waals surface area contributed by atoms with E-state index in [4.69, 9.17) is 86.1 Å². The average molecular weight is 639 g/mol. The number of hydrogen-bond acceptors (Lipinski definition) is 6. The van der Waals surface area contributed by atoms with Crippen molar-refractivity contribution < 1.29 is 111 Å². The van der Waals surface area contributed by atoms with Crippen LogP contribution < -0.4 is 0 Å². The summed E-state index contributed by atoms with van der Waals surface area (Å²) >= 11 is 0. The summed E-state index contributed by atoms with van der Waals surface area (Å²) in [6.07, 6.45) is 0. The van der Waals surface area contributed by atoms with Gasteiger partial charge >= 0.3 is 47.4 Å². The minimum Gasteiger partial charge on any atom is -0.299 e. The normalized spacial score (nSPS) is 11.4. The van der Waals surface area contributed by atoms with E-state index in [-0.39, 0.29) is 51.4 Å². The first kappa shape index (κ1) is 50.1. The zero-order valence-electron chi connectivity index (χ0n) is 13.8. The third-order valence-corrected chi connectivity index (χ3v) is 0. The fourth-order valence-corrected chi connectivity index (χ4v) is 0. The summed E-state index contributed by atoms with van der Waals surface area (Å²) in [5.41, 5.74) is 0. The van der Waals surface area contributed by atoms with Gasteiger partial charge in [0.05, 0.1) is 0 Å². The molecule has 31 heteroatoms. The maximum Gasteiger partial charge on any atom is 0.507 e. The van der Waals surface area contributed by atoms with Gasteiger partial charge in [-0.05, 0) is 0 Å². The second-order valence-electron chi connectivity index (χ2n) is 2.84. The van der Waals surface area contributed by atoms with E-state index in [0.717, 1.165) is 0 Å². The van der Waals surface area contributed by atoms with Crippen molar-refractivity contribution >= 4 is 98.8 Å². The smallest absolute Gasteiger partial charge is 0.299 e. The van der Waals surface area contributed by atoms with Crippen LogP contribution in [0.25, 0.3) is 0 Å². The van der Waals surface area contributed by atoms with Crippen molar-refractivity contribution in [1.29, 1.82) is 0 Å². The SMILES string of the molecule is O=P(O)(O)F.O=P(O)(O)F.O=P(O)(O)F.O=P(O)(O)F.O=P(O)(O)F.O=P(O)(O)F.[K]. The summed E-state index contributed by atoms with van der Waals surface area (Å²) in [6.45, 7) is 0. The Morgan fingerprint density at radius 3 is 0.290 bits per heavy atom. The molecule has 0 aromatic rings. The van der Waals surface area contributed by atoms with Crippen LogP contribution in [0.5, 0.6) is 0 Å². The largest absolute Gasteiger partial charge is 0.507 e. The van der Waals surface area contributed by atoms with Gasteiger partial charge in [0.1, 0.15) is 0 Å². The molecule has 0 heterocycles. The first-order chi connectivity index (χ1) is 12.0. The number of hydrogen-bond donors (Lipinski definition) is 12. The van der Waals surface area contributed by atoms with Crippen LogP contribution in [0.3, 0.4) is 0 Å². The minimum absolute atomic E-state index is 0. The van der Waals surface area contributed by atoms with E-state index in [2.05, 4.69) is 0 Å². The first-order valence-electron chi connectivity index (χ1n) is 4.51. The van der Waals surface area contributed by atoms with E-state index in [9.17, 15) is 25.2 Å². The van der Waals surface area contributed by atoms with Crippen LogP contribution in [0.4, 0.5) is 25.2 Å². The Morgan fingerprint density at radius 1 is 0.290 bits per heavy atom. The third-order valence-electron chi connectivity index (χ3n) is 0. The maximum atomic E-state index is 10.4. The Morgan fingerprint density at radius 2 is 0.290 bits per heavy atom. The van der Waals surface area contributed by atoms with Crippen molar-refractivity contribution in [1.82, 2.24) is 0 Å². The van der Waals surface area contributed by atoms with Crippen molar-refractivity contribution in [3.05, 3.63) is 0 Å². The predicted octanol–water partition coefficient (Wildman–Crippen LogP) is -0.0892. The predicted molar refractivity (Wildman–Crippen MR) is 84.7 cm³/mol. The molecular weight excluding hydrogens is 627 g/mol. The van der Waals surface area contributed by atoms with Crippen molar-refractivity contribution in [3.63, 3.8) is 0 Å². The summed E-state index contributed by atoms with van der Waals surface area (Å²) in [5.74, 6) is 0. The van der Waals surface area contributed by atoms with Gasteiger partial charge in [-0.2, -0.15) is 0 Å². The molecule has 0 rings (SSSR count). The molecule has 0 aliphatic heterocycles. The van der Waals surface area contributed by atoms with Gasteiger partial charge < -0.3 is 0 Å². The minimum atomic E-state index is -5.14. The molecule has 193 valence electrons. The molecule has 18 nitrogen and oxygen atoms in total. The fraction of sp³-hybridized carbons (Fsp3) is 0. The van der Waals surface area contributed by atoms with Gasteiger partial charge in [-0.15, -0.1) is 25.2 Å². The van der Waals surface area contributed by atoms with E-state index < -0.39 is 47.4 Å².